The van der Waals surface area contributed by atoms with Gasteiger partial charge in [0.05, 0.1) is 11.9 Å². The standard InChI is InChI=1S/C10H13ClO3S/c1-7-3-4-8(5-9(7)11)10(12)6-15(2,13)14/h3-5,10,12H,6H2,1-2H3. The van der Waals surface area contributed by atoms with E-state index in [0.29, 0.717) is 10.6 Å². The second-order valence-electron chi connectivity index (χ2n) is 3.62. The summed E-state index contributed by atoms with van der Waals surface area (Å²) in [5, 5.41) is 10.2. The topological polar surface area (TPSA) is 54.4 Å². The summed E-state index contributed by atoms with van der Waals surface area (Å²) in [6.45, 7) is 1.84. The Morgan fingerprint density at radius 1 is 1.47 bits per heavy atom. The van der Waals surface area contributed by atoms with E-state index in [4.69, 9.17) is 11.6 Å². The van der Waals surface area contributed by atoms with Crippen LogP contribution in [0.1, 0.15) is 17.2 Å². The summed E-state index contributed by atoms with van der Waals surface area (Å²) in [5.41, 5.74) is 1.42. The number of hydrogen-bond acceptors (Lipinski definition) is 3. The van der Waals surface area contributed by atoms with E-state index in [0.717, 1.165) is 11.8 Å². The van der Waals surface area contributed by atoms with Crippen molar-refractivity contribution in [1.29, 1.82) is 0 Å². The molecule has 1 unspecified atom stereocenters. The first kappa shape index (κ1) is 12.5. The summed E-state index contributed by atoms with van der Waals surface area (Å²) in [7, 11) is -3.19. The van der Waals surface area contributed by atoms with Crippen molar-refractivity contribution in [2.24, 2.45) is 0 Å². The van der Waals surface area contributed by atoms with E-state index in [1.807, 2.05) is 6.92 Å². The fraction of sp³-hybridized carbons (Fsp3) is 0.400. The van der Waals surface area contributed by atoms with Gasteiger partial charge >= 0.3 is 0 Å². The number of sulfone groups is 1. The van der Waals surface area contributed by atoms with Crippen molar-refractivity contribution in [2.75, 3.05) is 12.0 Å². The van der Waals surface area contributed by atoms with Crippen molar-refractivity contribution >= 4 is 21.4 Å². The molecular weight excluding hydrogens is 236 g/mol. The van der Waals surface area contributed by atoms with E-state index in [1.165, 1.54) is 0 Å². The smallest absolute Gasteiger partial charge is 0.150 e. The number of rotatable bonds is 3. The van der Waals surface area contributed by atoms with Crippen LogP contribution >= 0.6 is 11.6 Å². The average molecular weight is 249 g/mol. The minimum Gasteiger partial charge on any atom is -0.387 e. The first-order chi connectivity index (χ1) is 6.79. The Morgan fingerprint density at radius 3 is 2.53 bits per heavy atom. The van der Waals surface area contributed by atoms with Crippen molar-refractivity contribution in [3.05, 3.63) is 34.3 Å². The molecule has 0 aromatic heterocycles. The maximum atomic E-state index is 11.0. The molecule has 15 heavy (non-hydrogen) atoms. The number of hydrogen-bond donors (Lipinski definition) is 1. The number of benzene rings is 1. The van der Waals surface area contributed by atoms with Crippen LogP contribution in [0.15, 0.2) is 18.2 Å². The number of aliphatic hydroxyl groups excluding tert-OH is 1. The predicted octanol–water partition coefficient (Wildman–Crippen LogP) is 1.73. The third-order valence-corrected chi connectivity index (χ3v) is 3.37. The third-order valence-electron chi connectivity index (χ3n) is 2.04. The lowest BCUT2D eigenvalue weighted by molar-refractivity contribution is 0.202. The maximum Gasteiger partial charge on any atom is 0.150 e. The summed E-state index contributed by atoms with van der Waals surface area (Å²) in [4.78, 5) is 0. The zero-order valence-electron chi connectivity index (χ0n) is 8.57. The third kappa shape index (κ3) is 3.81. The van der Waals surface area contributed by atoms with Crippen molar-refractivity contribution < 1.29 is 13.5 Å². The molecule has 0 fully saturated rings. The second-order valence-corrected chi connectivity index (χ2v) is 6.21. The van der Waals surface area contributed by atoms with Crippen molar-refractivity contribution in [3.8, 4) is 0 Å². The zero-order chi connectivity index (χ0) is 11.6. The molecule has 0 saturated heterocycles. The Labute approximate surface area is 94.6 Å². The van der Waals surface area contributed by atoms with Gasteiger partial charge in [-0.05, 0) is 24.1 Å². The molecule has 0 aliphatic rings. The number of halogens is 1. The Bertz CT molecular complexity index is 454. The second kappa shape index (κ2) is 4.51. The molecule has 84 valence electrons. The molecule has 3 nitrogen and oxygen atoms in total. The highest BCUT2D eigenvalue weighted by atomic mass is 35.5. The average Bonchev–Trinajstić information content (AvgIpc) is 2.06. The van der Waals surface area contributed by atoms with Gasteiger partial charge in [0.1, 0.15) is 9.84 Å². The molecule has 1 atom stereocenters. The molecule has 0 heterocycles. The summed E-state index contributed by atoms with van der Waals surface area (Å²) in [6.07, 6.45) is 0.0737. The molecule has 0 saturated carbocycles. The Balaban J connectivity index is 2.92. The summed E-state index contributed by atoms with van der Waals surface area (Å²) in [6, 6.07) is 5.02. The lowest BCUT2D eigenvalue weighted by Crippen LogP contribution is -2.12. The van der Waals surface area contributed by atoms with Crippen molar-refractivity contribution in [2.45, 2.75) is 13.0 Å². The normalized spacial score (nSPS) is 13.9. The molecule has 1 aromatic rings. The van der Waals surface area contributed by atoms with E-state index >= 15 is 0 Å². The molecule has 5 heteroatoms. The lowest BCUT2D eigenvalue weighted by Gasteiger charge is -2.10. The predicted molar refractivity (Wildman–Crippen MR) is 60.9 cm³/mol. The van der Waals surface area contributed by atoms with Gasteiger partial charge in [0.15, 0.2) is 0 Å². The van der Waals surface area contributed by atoms with Gasteiger partial charge in [-0.1, -0.05) is 23.7 Å². The van der Waals surface area contributed by atoms with Crippen LogP contribution in [0.2, 0.25) is 5.02 Å². The van der Waals surface area contributed by atoms with Gasteiger partial charge in [0, 0.05) is 11.3 Å². The van der Waals surface area contributed by atoms with Gasteiger partial charge in [0.2, 0.25) is 0 Å². The van der Waals surface area contributed by atoms with Gasteiger partial charge in [0.25, 0.3) is 0 Å². The van der Waals surface area contributed by atoms with Crippen LogP contribution < -0.4 is 0 Å². The van der Waals surface area contributed by atoms with E-state index in [9.17, 15) is 13.5 Å². The van der Waals surface area contributed by atoms with Crippen LogP contribution in [0.25, 0.3) is 0 Å². The molecule has 0 bridgehead atoms. The highest BCUT2D eigenvalue weighted by molar-refractivity contribution is 7.90. The Hall–Kier alpha value is -0.580. The molecule has 0 spiro atoms. The fourth-order valence-electron chi connectivity index (χ4n) is 1.20. The van der Waals surface area contributed by atoms with Gasteiger partial charge in [-0.3, -0.25) is 0 Å². The molecule has 1 rings (SSSR count). The van der Waals surface area contributed by atoms with E-state index in [1.54, 1.807) is 18.2 Å². The Morgan fingerprint density at radius 2 is 2.07 bits per heavy atom. The van der Waals surface area contributed by atoms with Crippen LogP contribution in [0, 0.1) is 6.92 Å². The molecule has 0 aliphatic carbocycles. The molecule has 0 aliphatic heterocycles. The quantitative estimate of drug-likeness (QED) is 0.886. The lowest BCUT2D eigenvalue weighted by atomic mass is 10.1. The Kier molecular flexibility index (Phi) is 3.76. The van der Waals surface area contributed by atoms with Crippen LogP contribution in [0.3, 0.4) is 0 Å². The minimum atomic E-state index is -3.19. The first-order valence-electron chi connectivity index (χ1n) is 4.41. The molecular formula is C10H13ClO3S. The monoisotopic (exact) mass is 248 g/mol. The summed E-state index contributed by atoms with van der Waals surface area (Å²) in [5.74, 6) is -0.285. The van der Waals surface area contributed by atoms with E-state index in [-0.39, 0.29) is 5.75 Å². The number of aryl methyl sites for hydroxylation is 1. The van der Waals surface area contributed by atoms with Gasteiger partial charge < -0.3 is 5.11 Å². The minimum absolute atomic E-state index is 0.285. The summed E-state index contributed by atoms with van der Waals surface area (Å²) >= 11 is 5.87. The maximum absolute atomic E-state index is 11.0. The zero-order valence-corrected chi connectivity index (χ0v) is 10.1. The molecule has 1 aromatic carbocycles. The van der Waals surface area contributed by atoms with Crippen LogP contribution in [0.5, 0.6) is 0 Å². The van der Waals surface area contributed by atoms with Gasteiger partial charge in [-0.15, -0.1) is 0 Å². The van der Waals surface area contributed by atoms with Crippen LogP contribution in [-0.2, 0) is 9.84 Å². The molecule has 0 amide bonds. The first-order valence-corrected chi connectivity index (χ1v) is 6.85. The fourth-order valence-corrected chi connectivity index (χ4v) is 2.15. The summed E-state index contributed by atoms with van der Waals surface area (Å²) < 4.78 is 21.9. The molecule has 1 N–H and O–H groups in total. The van der Waals surface area contributed by atoms with Crippen LogP contribution in [-0.4, -0.2) is 25.5 Å². The van der Waals surface area contributed by atoms with Gasteiger partial charge in [-0.25, -0.2) is 8.42 Å². The highest BCUT2D eigenvalue weighted by Crippen LogP contribution is 2.22. The molecule has 0 radical (unpaired) electrons. The van der Waals surface area contributed by atoms with Crippen molar-refractivity contribution in [1.82, 2.24) is 0 Å². The van der Waals surface area contributed by atoms with E-state index < -0.39 is 15.9 Å². The highest BCUT2D eigenvalue weighted by Gasteiger charge is 2.14. The SMILES string of the molecule is Cc1ccc(C(O)CS(C)(=O)=O)cc1Cl. The van der Waals surface area contributed by atoms with Crippen molar-refractivity contribution in [3.63, 3.8) is 0 Å². The van der Waals surface area contributed by atoms with Crippen LogP contribution in [0.4, 0.5) is 0 Å². The number of aliphatic hydroxyl groups is 1. The van der Waals surface area contributed by atoms with Gasteiger partial charge in [-0.2, -0.15) is 0 Å². The van der Waals surface area contributed by atoms with E-state index in [2.05, 4.69) is 0 Å². The largest absolute Gasteiger partial charge is 0.387 e.